The molecule has 0 fully saturated rings. The third-order valence-electron chi connectivity index (χ3n) is 7.00. The largest absolute Gasteiger partial charge is 0.286 e. The van der Waals surface area contributed by atoms with E-state index in [0.717, 1.165) is 29.4 Å². The molecule has 0 bridgehead atoms. The van der Waals surface area contributed by atoms with Crippen molar-refractivity contribution >= 4 is 5.65 Å². The molecule has 0 N–H and O–H groups in total. The second kappa shape index (κ2) is 9.48. The van der Waals surface area contributed by atoms with Crippen molar-refractivity contribution in [3.05, 3.63) is 108 Å². The minimum atomic E-state index is -3.14. The molecule has 0 unspecified atom stereocenters. The van der Waals surface area contributed by atoms with Gasteiger partial charge in [-0.3, -0.25) is 9.25 Å². The lowest BCUT2D eigenvalue weighted by molar-refractivity contribution is -0.0217. The first-order chi connectivity index (χ1) is 19.1. The smallest absolute Gasteiger partial charge is 0.271 e. The highest BCUT2D eigenvalue weighted by molar-refractivity contribution is 5.70. The van der Waals surface area contributed by atoms with Crippen molar-refractivity contribution in [1.82, 2.24) is 33.9 Å². The summed E-state index contributed by atoms with van der Waals surface area (Å²) in [4.78, 5) is 9.59. The van der Waals surface area contributed by atoms with Crippen LogP contribution in [0.2, 0.25) is 0 Å². The van der Waals surface area contributed by atoms with Gasteiger partial charge in [0.1, 0.15) is 11.9 Å². The molecule has 6 rings (SSSR count). The number of pyridine rings is 2. The quantitative estimate of drug-likeness (QED) is 0.234. The summed E-state index contributed by atoms with van der Waals surface area (Å²) < 4.78 is 47.8. The molecule has 0 saturated heterocycles. The van der Waals surface area contributed by atoms with Crippen molar-refractivity contribution in [2.24, 2.45) is 0 Å². The lowest BCUT2D eigenvalue weighted by Gasteiger charge is -2.24. The fourth-order valence-corrected chi connectivity index (χ4v) is 5.01. The number of aromatic nitrogens is 7. The maximum Gasteiger partial charge on any atom is 0.271 e. The first kappa shape index (κ1) is 25.5. The van der Waals surface area contributed by atoms with Crippen LogP contribution in [0.1, 0.15) is 35.5 Å². The van der Waals surface area contributed by atoms with Crippen LogP contribution in [0.4, 0.5) is 13.2 Å². The van der Waals surface area contributed by atoms with Crippen molar-refractivity contribution in [2.75, 3.05) is 0 Å². The van der Waals surface area contributed by atoms with Gasteiger partial charge in [0, 0.05) is 41.8 Å². The Labute approximate surface area is 228 Å². The summed E-state index contributed by atoms with van der Waals surface area (Å²) in [6, 6.07) is 15.4. The van der Waals surface area contributed by atoms with Crippen LogP contribution in [0.15, 0.2) is 79.3 Å². The Morgan fingerprint density at radius 1 is 0.850 bits per heavy atom. The van der Waals surface area contributed by atoms with Crippen molar-refractivity contribution < 1.29 is 13.2 Å². The second-order valence-corrected chi connectivity index (χ2v) is 10.1. The molecule has 40 heavy (non-hydrogen) atoms. The lowest BCUT2D eigenvalue weighted by Crippen LogP contribution is -2.29. The number of alkyl halides is 2. The molecule has 0 aliphatic rings. The topological polar surface area (TPSA) is 65.8 Å². The number of benzene rings is 1. The fraction of sp³-hybridized carbons (Fsp3) is 0.200. The molecule has 0 aliphatic heterocycles. The highest BCUT2D eigenvalue weighted by Crippen LogP contribution is 2.36. The number of fused-ring (bicyclic) bond motifs is 1. The summed E-state index contributed by atoms with van der Waals surface area (Å²) in [6.07, 6.45) is 4.92. The Hall–Kier alpha value is -4.73. The summed E-state index contributed by atoms with van der Waals surface area (Å²) in [5, 5.41) is 8.88. The van der Waals surface area contributed by atoms with Crippen LogP contribution >= 0.6 is 0 Å². The molecule has 0 saturated carbocycles. The van der Waals surface area contributed by atoms with Crippen molar-refractivity contribution in [1.29, 1.82) is 0 Å². The summed E-state index contributed by atoms with van der Waals surface area (Å²) in [5.74, 6) is -3.05. The number of halogens is 3. The zero-order valence-corrected chi connectivity index (χ0v) is 22.3. The first-order valence-electron chi connectivity index (χ1n) is 12.8. The number of hydrogen-bond donors (Lipinski definition) is 0. The summed E-state index contributed by atoms with van der Waals surface area (Å²) >= 11 is 0. The molecule has 0 radical (unpaired) electrons. The molecule has 0 amide bonds. The standard InChI is InChI=1S/C30H26F3N7/c1-18-5-12-25(22-13-14-38-26(15-22)36-29(37-38)40-19(2)6-7-20(40)3)35-27(18)23-16-34-39(17-23)28(30(4,32)33)21-8-10-24(31)11-9-21/h5-17,28H,1-4H3/t28-/m1/s1. The fourth-order valence-electron chi connectivity index (χ4n) is 5.01. The number of nitrogens with zero attached hydrogens (tertiary/aromatic N) is 7. The van der Waals surface area contributed by atoms with Gasteiger partial charge in [0.05, 0.1) is 17.6 Å². The molecule has 5 aromatic heterocycles. The van der Waals surface area contributed by atoms with Gasteiger partial charge < -0.3 is 0 Å². The predicted molar refractivity (Wildman–Crippen MR) is 146 cm³/mol. The van der Waals surface area contributed by atoms with Gasteiger partial charge in [0.25, 0.3) is 11.9 Å². The first-order valence-corrected chi connectivity index (χ1v) is 12.8. The van der Waals surface area contributed by atoms with Gasteiger partial charge in [-0.15, -0.1) is 5.10 Å². The Morgan fingerprint density at radius 2 is 1.57 bits per heavy atom. The van der Waals surface area contributed by atoms with Crippen LogP contribution in [0, 0.1) is 26.6 Å². The molecular formula is C30H26F3N7. The van der Waals surface area contributed by atoms with E-state index in [0.29, 0.717) is 28.5 Å². The van der Waals surface area contributed by atoms with Gasteiger partial charge in [-0.25, -0.2) is 22.7 Å². The Bertz CT molecular complexity index is 1820. The van der Waals surface area contributed by atoms with E-state index >= 15 is 0 Å². The molecule has 10 heteroatoms. The van der Waals surface area contributed by atoms with Crippen molar-refractivity contribution in [2.45, 2.75) is 39.7 Å². The average Bonchev–Trinajstić information content (AvgIpc) is 3.63. The monoisotopic (exact) mass is 541 g/mol. The number of aryl methyl sites for hydroxylation is 3. The molecule has 6 aromatic rings. The molecule has 7 nitrogen and oxygen atoms in total. The van der Waals surface area contributed by atoms with E-state index in [1.807, 2.05) is 67.9 Å². The average molecular weight is 542 g/mol. The van der Waals surface area contributed by atoms with Gasteiger partial charge in [-0.2, -0.15) is 10.1 Å². The maximum atomic E-state index is 14.7. The van der Waals surface area contributed by atoms with Gasteiger partial charge >= 0.3 is 0 Å². The SMILES string of the molecule is Cc1ccc(-c2ccn3nc(-n4c(C)ccc4C)nc3c2)nc1-c1cnn([C@H](c2ccc(F)cc2)C(C)(F)F)c1. The van der Waals surface area contributed by atoms with Crippen molar-refractivity contribution in [3.63, 3.8) is 0 Å². The van der Waals surface area contributed by atoms with Gasteiger partial charge in [0.2, 0.25) is 0 Å². The predicted octanol–water partition coefficient (Wildman–Crippen LogP) is 6.75. The molecule has 0 aliphatic carbocycles. The maximum absolute atomic E-state index is 14.7. The van der Waals surface area contributed by atoms with Crippen LogP contribution < -0.4 is 0 Å². The van der Waals surface area contributed by atoms with E-state index in [4.69, 9.17) is 9.97 Å². The minimum Gasteiger partial charge on any atom is -0.286 e. The molecule has 202 valence electrons. The Balaban J connectivity index is 1.36. The molecular weight excluding hydrogens is 515 g/mol. The second-order valence-electron chi connectivity index (χ2n) is 10.1. The normalized spacial score (nSPS) is 12.8. The molecule has 1 atom stereocenters. The van der Waals surface area contributed by atoms with E-state index in [2.05, 4.69) is 10.2 Å². The Morgan fingerprint density at radius 3 is 2.27 bits per heavy atom. The van der Waals surface area contributed by atoms with E-state index < -0.39 is 17.8 Å². The van der Waals surface area contributed by atoms with Crippen LogP contribution in [0.25, 0.3) is 34.1 Å². The van der Waals surface area contributed by atoms with Gasteiger partial charge in [-0.1, -0.05) is 18.2 Å². The minimum absolute atomic E-state index is 0.258. The molecule has 0 spiro atoms. The van der Waals surface area contributed by atoms with E-state index in [1.54, 1.807) is 10.7 Å². The van der Waals surface area contributed by atoms with Crippen LogP contribution in [0.3, 0.4) is 0 Å². The zero-order valence-electron chi connectivity index (χ0n) is 22.3. The van der Waals surface area contributed by atoms with E-state index in [1.165, 1.54) is 35.1 Å². The van der Waals surface area contributed by atoms with E-state index in [-0.39, 0.29) is 5.56 Å². The lowest BCUT2D eigenvalue weighted by atomic mass is 10.0. The summed E-state index contributed by atoms with van der Waals surface area (Å²) in [6.45, 7) is 6.75. The van der Waals surface area contributed by atoms with Gasteiger partial charge in [0.15, 0.2) is 5.65 Å². The van der Waals surface area contributed by atoms with E-state index in [9.17, 15) is 13.2 Å². The molecule has 5 heterocycles. The Kier molecular flexibility index (Phi) is 6.05. The number of rotatable bonds is 6. The van der Waals surface area contributed by atoms with Crippen LogP contribution in [-0.2, 0) is 0 Å². The number of hydrogen-bond acceptors (Lipinski definition) is 4. The highest BCUT2D eigenvalue weighted by Gasteiger charge is 2.37. The zero-order chi connectivity index (χ0) is 28.2. The third kappa shape index (κ3) is 4.55. The highest BCUT2D eigenvalue weighted by atomic mass is 19.3. The van der Waals surface area contributed by atoms with Crippen LogP contribution in [-0.4, -0.2) is 39.9 Å². The van der Waals surface area contributed by atoms with Gasteiger partial charge in [-0.05, 0) is 74.4 Å². The van der Waals surface area contributed by atoms with Crippen molar-refractivity contribution in [3.8, 4) is 28.5 Å². The summed E-state index contributed by atoms with van der Waals surface area (Å²) in [5.41, 5.74) is 6.64. The van der Waals surface area contributed by atoms with Crippen LogP contribution in [0.5, 0.6) is 0 Å². The third-order valence-corrected chi connectivity index (χ3v) is 7.00. The summed E-state index contributed by atoms with van der Waals surface area (Å²) in [7, 11) is 0. The molecule has 1 aromatic carbocycles.